The minimum atomic E-state index is -0.277. The summed E-state index contributed by atoms with van der Waals surface area (Å²) in [6.45, 7) is 4.93. The highest BCUT2D eigenvalue weighted by Gasteiger charge is 2.30. The van der Waals surface area contributed by atoms with Gasteiger partial charge in [0.15, 0.2) is 5.82 Å². The van der Waals surface area contributed by atoms with E-state index in [1.54, 1.807) is 6.20 Å². The van der Waals surface area contributed by atoms with Crippen molar-refractivity contribution in [3.05, 3.63) is 53.7 Å². The van der Waals surface area contributed by atoms with Crippen molar-refractivity contribution in [1.29, 1.82) is 0 Å². The number of anilines is 3. The average molecular weight is 378 g/mol. The topological polar surface area (TPSA) is 101 Å². The number of amides is 1. The van der Waals surface area contributed by atoms with Gasteiger partial charge in [0.05, 0.1) is 18.4 Å². The van der Waals surface area contributed by atoms with E-state index in [0.717, 1.165) is 22.6 Å². The second kappa shape index (κ2) is 7.26. The van der Waals surface area contributed by atoms with Crippen LogP contribution in [0.4, 0.5) is 17.5 Å². The summed E-state index contributed by atoms with van der Waals surface area (Å²) in [4.78, 5) is 27.0. The third-order valence-corrected chi connectivity index (χ3v) is 4.82. The van der Waals surface area contributed by atoms with Crippen LogP contribution in [0.3, 0.4) is 0 Å². The van der Waals surface area contributed by atoms with E-state index in [9.17, 15) is 4.79 Å². The van der Waals surface area contributed by atoms with Crippen LogP contribution >= 0.6 is 0 Å². The Hall–Kier alpha value is -3.49. The number of hydrogen-bond acceptors (Lipinski definition) is 7. The molecule has 4 heterocycles. The monoisotopic (exact) mass is 378 g/mol. The van der Waals surface area contributed by atoms with Crippen LogP contribution in [0.25, 0.3) is 0 Å². The summed E-state index contributed by atoms with van der Waals surface area (Å²) in [5, 5.41) is 10.5. The zero-order valence-electron chi connectivity index (χ0n) is 16.0. The number of hydrogen-bond donors (Lipinski definition) is 2. The van der Waals surface area contributed by atoms with Crippen LogP contribution in [0, 0.1) is 6.92 Å². The molecular formula is C19H22N8O. The van der Waals surface area contributed by atoms with Gasteiger partial charge in [-0.15, -0.1) is 0 Å². The summed E-state index contributed by atoms with van der Waals surface area (Å²) in [5.74, 6) is 1.18. The second-order valence-corrected chi connectivity index (χ2v) is 6.87. The molecule has 1 aliphatic heterocycles. The van der Waals surface area contributed by atoms with Crippen molar-refractivity contribution in [3.63, 3.8) is 0 Å². The number of nitrogens with one attached hydrogen (secondary N) is 2. The molecule has 0 bridgehead atoms. The Morgan fingerprint density at radius 1 is 1.25 bits per heavy atom. The van der Waals surface area contributed by atoms with E-state index in [2.05, 4.69) is 30.7 Å². The van der Waals surface area contributed by atoms with Crippen molar-refractivity contribution >= 4 is 23.4 Å². The molecule has 144 valence electrons. The molecule has 0 radical (unpaired) electrons. The lowest BCUT2D eigenvalue weighted by Gasteiger charge is -2.32. The van der Waals surface area contributed by atoms with E-state index in [-0.39, 0.29) is 11.9 Å². The summed E-state index contributed by atoms with van der Waals surface area (Å²) in [6.07, 6.45) is 7.40. The first-order valence-electron chi connectivity index (χ1n) is 9.07. The first-order chi connectivity index (χ1) is 13.5. The van der Waals surface area contributed by atoms with Crippen molar-refractivity contribution in [3.8, 4) is 0 Å². The second-order valence-electron chi connectivity index (χ2n) is 6.87. The number of carbonyl (C=O) groups is 1. The zero-order valence-corrected chi connectivity index (χ0v) is 16.0. The minimum absolute atomic E-state index is 0.0524. The Morgan fingerprint density at radius 2 is 2.11 bits per heavy atom. The molecule has 0 unspecified atom stereocenters. The fourth-order valence-electron chi connectivity index (χ4n) is 3.07. The molecule has 1 amide bonds. The Morgan fingerprint density at radius 3 is 2.89 bits per heavy atom. The molecule has 0 aromatic carbocycles. The van der Waals surface area contributed by atoms with Gasteiger partial charge in [0.25, 0.3) is 0 Å². The number of aromatic nitrogens is 5. The third-order valence-electron chi connectivity index (χ3n) is 4.82. The molecule has 28 heavy (non-hydrogen) atoms. The Labute approximate surface area is 162 Å². The summed E-state index contributed by atoms with van der Waals surface area (Å²) >= 11 is 0. The molecule has 0 aliphatic carbocycles. The van der Waals surface area contributed by atoms with E-state index < -0.39 is 0 Å². The van der Waals surface area contributed by atoms with E-state index in [1.807, 2.05) is 61.2 Å². The molecule has 2 N–H and O–H groups in total. The highest BCUT2D eigenvalue weighted by molar-refractivity contribution is 6.03. The van der Waals surface area contributed by atoms with Crippen LogP contribution in [-0.4, -0.2) is 43.7 Å². The van der Waals surface area contributed by atoms with Crippen LogP contribution in [0.2, 0.25) is 0 Å². The Kier molecular flexibility index (Phi) is 4.64. The molecule has 0 spiro atoms. The number of aryl methyl sites for hydroxylation is 1. The molecule has 0 saturated carbocycles. The van der Waals surface area contributed by atoms with Gasteiger partial charge in [-0.2, -0.15) is 10.1 Å². The van der Waals surface area contributed by atoms with Gasteiger partial charge in [-0.25, -0.2) is 4.98 Å². The van der Waals surface area contributed by atoms with Gasteiger partial charge < -0.3 is 15.5 Å². The van der Waals surface area contributed by atoms with Crippen molar-refractivity contribution in [2.75, 3.05) is 22.6 Å². The van der Waals surface area contributed by atoms with Crippen LogP contribution in [0.5, 0.6) is 0 Å². The minimum Gasteiger partial charge on any atom is -0.350 e. The maximum absolute atomic E-state index is 12.0. The molecule has 3 aromatic rings. The molecule has 3 aromatic heterocycles. The summed E-state index contributed by atoms with van der Waals surface area (Å²) in [6, 6.07) is 3.66. The van der Waals surface area contributed by atoms with Gasteiger partial charge >= 0.3 is 0 Å². The Balaban J connectivity index is 1.46. The standard InChI is InChI=1S/C19H22N8O/c1-12-16-17(26(3)13(2)18(28)24-16)25-19(23-12)21-8-15-9-22-27(11-15)10-14-5-4-6-20-7-14/h4-7,9,11,13H,8,10H2,1-3H3,(H,24,28)(H,21,23,25)/t13-/m0/s1. The maximum atomic E-state index is 12.0. The summed E-state index contributed by atoms with van der Waals surface area (Å²) in [7, 11) is 1.86. The summed E-state index contributed by atoms with van der Waals surface area (Å²) < 4.78 is 1.87. The molecule has 1 aliphatic rings. The van der Waals surface area contributed by atoms with Crippen molar-refractivity contribution in [1.82, 2.24) is 24.7 Å². The maximum Gasteiger partial charge on any atom is 0.246 e. The highest BCUT2D eigenvalue weighted by atomic mass is 16.2. The number of likely N-dealkylation sites (N-methyl/N-ethyl adjacent to an activating group) is 1. The molecule has 0 fully saturated rings. The number of pyridine rings is 1. The number of nitrogens with zero attached hydrogens (tertiary/aromatic N) is 6. The van der Waals surface area contributed by atoms with E-state index in [1.165, 1.54) is 0 Å². The first-order valence-corrected chi connectivity index (χ1v) is 9.07. The number of carbonyl (C=O) groups excluding carboxylic acids is 1. The van der Waals surface area contributed by atoms with Crippen molar-refractivity contribution in [2.45, 2.75) is 33.0 Å². The van der Waals surface area contributed by atoms with Gasteiger partial charge in [-0.1, -0.05) is 6.07 Å². The quantitative estimate of drug-likeness (QED) is 0.698. The van der Waals surface area contributed by atoms with Gasteiger partial charge in [0.2, 0.25) is 11.9 Å². The van der Waals surface area contributed by atoms with Gasteiger partial charge in [0, 0.05) is 37.7 Å². The van der Waals surface area contributed by atoms with Crippen LogP contribution in [-0.2, 0) is 17.9 Å². The van der Waals surface area contributed by atoms with E-state index in [4.69, 9.17) is 0 Å². The molecule has 0 saturated heterocycles. The lowest BCUT2D eigenvalue weighted by Crippen LogP contribution is -2.44. The predicted octanol–water partition coefficient (Wildman–Crippen LogP) is 1.81. The zero-order chi connectivity index (χ0) is 19.7. The largest absolute Gasteiger partial charge is 0.350 e. The van der Waals surface area contributed by atoms with Gasteiger partial charge in [-0.05, 0) is 25.5 Å². The summed E-state index contributed by atoms with van der Waals surface area (Å²) in [5.41, 5.74) is 3.52. The molecule has 9 nitrogen and oxygen atoms in total. The molecule has 4 rings (SSSR count). The van der Waals surface area contributed by atoms with Crippen molar-refractivity contribution in [2.24, 2.45) is 0 Å². The smallest absolute Gasteiger partial charge is 0.246 e. The fourth-order valence-corrected chi connectivity index (χ4v) is 3.07. The normalized spacial score (nSPS) is 15.9. The predicted molar refractivity (Wildman–Crippen MR) is 106 cm³/mol. The van der Waals surface area contributed by atoms with Gasteiger partial charge in [-0.3, -0.25) is 14.5 Å². The number of rotatable bonds is 5. The van der Waals surface area contributed by atoms with Crippen LogP contribution in [0.1, 0.15) is 23.7 Å². The van der Waals surface area contributed by atoms with Crippen LogP contribution in [0.15, 0.2) is 36.9 Å². The first kappa shape index (κ1) is 17.9. The molecule has 9 heteroatoms. The lowest BCUT2D eigenvalue weighted by molar-refractivity contribution is -0.117. The average Bonchev–Trinajstić information content (AvgIpc) is 3.14. The molecule has 1 atom stereocenters. The van der Waals surface area contributed by atoms with Gasteiger partial charge in [0.1, 0.15) is 11.7 Å². The SMILES string of the molecule is Cc1nc(NCc2cnn(Cc3cccnc3)c2)nc2c1NC(=O)[C@H](C)N2C. The number of fused-ring (bicyclic) bond motifs is 1. The van der Waals surface area contributed by atoms with Crippen LogP contribution < -0.4 is 15.5 Å². The lowest BCUT2D eigenvalue weighted by atomic mass is 10.2. The Bertz CT molecular complexity index is 1000. The van der Waals surface area contributed by atoms with E-state index >= 15 is 0 Å². The fraction of sp³-hybridized carbons (Fsp3) is 0.316. The third kappa shape index (κ3) is 3.51. The van der Waals surface area contributed by atoms with Crippen molar-refractivity contribution < 1.29 is 4.79 Å². The molecular weight excluding hydrogens is 356 g/mol. The highest BCUT2D eigenvalue weighted by Crippen LogP contribution is 2.32. The van der Waals surface area contributed by atoms with E-state index in [0.29, 0.717) is 24.7 Å².